The van der Waals surface area contributed by atoms with Gasteiger partial charge in [-0.15, -0.1) is 0 Å². The van der Waals surface area contributed by atoms with Crippen molar-refractivity contribution in [3.05, 3.63) is 50.4 Å². The third-order valence-corrected chi connectivity index (χ3v) is 6.61. The molecule has 6 nitrogen and oxygen atoms in total. The van der Waals surface area contributed by atoms with Crippen LogP contribution in [0.25, 0.3) is 0 Å². The SMILES string of the molecule is COc1cc(C(=O)Nc2c(Br)cc(Br)cc2CN(C)[C@H]2CC[C@H](O)CC2)ccc1O. The Morgan fingerprint density at radius 2 is 1.90 bits per heavy atom. The molecule has 0 spiro atoms. The van der Waals surface area contributed by atoms with Crippen molar-refractivity contribution in [2.75, 3.05) is 19.5 Å². The van der Waals surface area contributed by atoms with Crippen molar-refractivity contribution in [2.24, 2.45) is 0 Å². The molecule has 30 heavy (non-hydrogen) atoms. The molecule has 2 aromatic rings. The average molecular weight is 542 g/mol. The van der Waals surface area contributed by atoms with Crippen LogP contribution < -0.4 is 10.1 Å². The van der Waals surface area contributed by atoms with Crippen LogP contribution in [0.5, 0.6) is 11.5 Å². The van der Waals surface area contributed by atoms with E-state index in [2.05, 4.69) is 49.1 Å². The molecule has 162 valence electrons. The first-order valence-electron chi connectivity index (χ1n) is 9.83. The first-order chi connectivity index (χ1) is 14.3. The molecular formula is C22H26Br2N2O4. The number of rotatable bonds is 6. The van der Waals surface area contributed by atoms with E-state index in [4.69, 9.17) is 4.74 Å². The number of hydrogen-bond acceptors (Lipinski definition) is 5. The zero-order valence-electron chi connectivity index (χ0n) is 17.0. The Morgan fingerprint density at radius 3 is 2.57 bits per heavy atom. The maximum absolute atomic E-state index is 12.9. The average Bonchev–Trinajstić information content (AvgIpc) is 2.71. The van der Waals surface area contributed by atoms with Gasteiger partial charge >= 0.3 is 0 Å². The molecule has 3 N–H and O–H groups in total. The van der Waals surface area contributed by atoms with Crippen LogP contribution in [-0.2, 0) is 6.54 Å². The van der Waals surface area contributed by atoms with Crippen molar-refractivity contribution in [3.8, 4) is 11.5 Å². The van der Waals surface area contributed by atoms with Crippen LogP contribution in [0.3, 0.4) is 0 Å². The minimum Gasteiger partial charge on any atom is -0.504 e. The van der Waals surface area contributed by atoms with E-state index in [1.54, 1.807) is 6.07 Å². The molecule has 0 aromatic heterocycles. The second-order valence-electron chi connectivity index (χ2n) is 7.64. The standard InChI is InChI=1S/C22H26Br2N2O4/c1-26(16-4-6-17(27)7-5-16)12-14-9-15(23)11-18(24)21(14)25-22(29)13-3-8-19(28)20(10-13)30-2/h3,8-11,16-17,27-28H,4-7,12H2,1-2H3,(H,25,29)/t16-,17-. The summed E-state index contributed by atoms with van der Waals surface area (Å²) in [5, 5.41) is 22.5. The molecule has 0 unspecified atom stereocenters. The summed E-state index contributed by atoms with van der Waals surface area (Å²) in [6, 6.07) is 8.81. The molecule has 3 rings (SSSR count). The summed E-state index contributed by atoms with van der Waals surface area (Å²) in [4.78, 5) is 15.2. The fourth-order valence-electron chi connectivity index (χ4n) is 3.79. The Morgan fingerprint density at radius 1 is 1.20 bits per heavy atom. The van der Waals surface area contributed by atoms with Gasteiger partial charge in [0.05, 0.1) is 18.9 Å². The van der Waals surface area contributed by atoms with E-state index in [0.717, 1.165) is 40.2 Å². The number of aliphatic hydroxyl groups is 1. The van der Waals surface area contributed by atoms with Gasteiger partial charge in [0.25, 0.3) is 5.91 Å². The molecule has 1 aliphatic rings. The van der Waals surface area contributed by atoms with E-state index >= 15 is 0 Å². The first kappa shape index (κ1) is 23.1. The largest absolute Gasteiger partial charge is 0.504 e. The van der Waals surface area contributed by atoms with Gasteiger partial charge in [0.15, 0.2) is 11.5 Å². The van der Waals surface area contributed by atoms with Crippen LogP contribution in [0.15, 0.2) is 39.3 Å². The Kier molecular flexibility index (Phi) is 7.79. The van der Waals surface area contributed by atoms with Crippen LogP contribution in [-0.4, -0.2) is 47.3 Å². The maximum Gasteiger partial charge on any atom is 0.255 e. The van der Waals surface area contributed by atoms with Crippen LogP contribution in [0.2, 0.25) is 0 Å². The van der Waals surface area contributed by atoms with Crippen LogP contribution in [0.4, 0.5) is 5.69 Å². The smallest absolute Gasteiger partial charge is 0.255 e. The Bertz CT molecular complexity index is 914. The number of amides is 1. The van der Waals surface area contributed by atoms with Gasteiger partial charge in [0.2, 0.25) is 0 Å². The number of carbonyl (C=O) groups excluding carboxylic acids is 1. The highest BCUT2D eigenvalue weighted by Crippen LogP contribution is 2.34. The molecule has 0 bridgehead atoms. The summed E-state index contributed by atoms with van der Waals surface area (Å²) >= 11 is 7.11. The molecule has 0 aliphatic heterocycles. The van der Waals surface area contributed by atoms with Crippen molar-refractivity contribution in [1.82, 2.24) is 4.90 Å². The minimum atomic E-state index is -0.291. The number of aliphatic hydroxyl groups excluding tert-OH is 1. The predicted octanol–water partition coefficient (Wildman–Crippen LogP) is 4.91. The fourth-order valence-corrected chi connectivity index (χ4v) is 5.21. The van der Waals surface area contributed by atoms with Crippen molar-refractivity contribution in [3.63, 3.8) is 0 Å². The third-order valence-electron chi connectivity index (χ3n) is 5.53. The van der Waals surface area contributed by atoms with Crippen molar-refractivity contribution in [2.45, 2.75) is 44.4 Å². The van der Waals surface area contributed by atoms with Crippen LogP contribution in [0.1, 0.15) is 41.6 Å². The molecule has 0 atom stereocenters. The van der Waals surface area contributed by atoms with E-state index in [1.165, 1.54) is 19.2 Å². The second-order valence-corrected chi connectivity index (χ2v) is 9.41. The number of ether oxygens (including phenoxy) is 1. The number of methoxy groups -OCH3 is 1. The van der Waals surface area contributed by atoms with Gasteiger partial charge < -0.3 is 20.3 Å². The number of nitrogens with one attached hydrogen (secondary N) is 1. The summed E-state index contributed by atoms with van der Waals surface area (Å²) in [6.45, 7) is 0.660. The topological polar surface area (TPSA) is 82.0 Å². The van der Waals surface area contributed by atoms with Crippen LogP contribution >= 0.6 is 31.9 Å². The van der Waals surface area contributed by atoms with Gasteiger partial charge in [-0.05, 0) is 84.6 Å². The van der Waals surface area contributed by atoms with E-state index in [0.29, 0.717) is 23.8 Å². The molecule has 0 saturated heterocycles. The number of aromatic hydroxyl groups is 1. The summed E-state index contributed by atoms with van der Waals surface area (Å²) in [6.07, 6.45) is 3.38. The summed E-state index contributed by atoms with van der Waals surface area (Å²) in [7, 11) is 3.52. The Balaban J connectivity index is 1.81. The number of phenolic OH excluding ortho intramolecular Hbond substituents is 1. The molecule has 1 saturated carbocycles. The normalized spacial score (nSPS) is 19.0. The molecule has 1 fully saturated rings. The van der Waals surface area contributed by atoms with Gasteiger partial charge in [-0.25, -0.2) is 0 Å². The Hall–Kier alpha value is -1.61. The van der Waals surface area contributed by atoms with Crippen molar-refractivity contribution >= 4 is 43.5 Å². The number of phenols is 1. The molecule has 1 amide bonds. The molecular weight excluding hydrogens is 516 g/mol. The summed E-state index contributed by atoms with van der Waals surface area (Å²) in [5.74, 6) is -0.0586. The second kappa shape index (κ2) is 10.1. The summed E-state index contributed by atoms with van der Waals surface area (Å²) in [5.41, 5.74) is 2.07. The molecule has 0 radical (unpaired) electrons. The van der Waals surface area contributed by atoms with Gasteiger partial charge in [0, 0.05) is 27.1 Å². The van der Waals surface area contributed by atoms with E-state index < -0.39 is 0 Å². The van der Waals surface area contributed by atoms with Crippen LogP contribution in [0, 0.1) is 0 Å². The summed E-state index contributed by atoms with van der Waals surface area (Å²) < 4.78 is 6.80. The quantitative estimate of drug-likeness (QED) is 0.484. The zero-order chi connectivity index (χ0) is 21.8. The van der Waals surface area contributed by atoms with Gasteiger partial charge in [-0.2, -0.15) is 0 Å². The lowest BCUT2D eigenvalue weighted by Gasteiger charge is -2.33. The molecule has 1 aliphatic carbocycles. The lowest BCUT2D eigenvalue weighted by molar-refractivity contribution is 0.0818. The minimum absolute atomic E-state index is 0.0150. The van der Waals surface area contributed by atoms with Gasteiger partial charge in [-0.1, -0.05) is 15.9 Å². The first-order valence-corrected chi connectivity index (χ1v) is 11.4. The predicted molar refractivity (Wildman–Crippen MR) is 124 cm³/mol. The van der Waals surface area contributed by atoms with E-state index in [-0.39, 0.29) is 23.5 Å². The van der Waals surface area contributed by atoms with E-state index in [9.17, 15) is 15.0 Å². The fraction of sp³-hybridized carbons (Fsp3) is 0.409. The number of benzene rings is 2. The molecule has 8 heteroatoms. The highest BCUT2D eigenvalue weighted by Gasteiger charge is 2.24. The lowest BCUT2D eigenvalue weighted by Crippen LogP contribution is -2.36. The lowest BCUT2D eigenvalue weighted by atomic mass is 9.92. The highest BCUT2D eigenvalue weighted by atomic mass is 79.9. The number of hydrogen-bond donors (Lipinski definition) is 3. The number of nitrogens with zero attached hydrogens (tertiary/aromatic N) is 1. The highest BCUT2D eigenvalue weighted by molar-refractivity contribution is 9.11. The maximum atomic E-state index is 12.9. The number of halogens is 2. The molecule has 2 aromatic carbocycles. The molecule has 0 heterocycles. The monoisotopic (exact) mass is 540 g/mol. The van der Waals surface area contributed by atoms with Crippen molar-refractivity contribution in [1.29, 1.82) is 0 Å². The Labute approximate surface area is 193 Å². The number of anilines is 1. The van der Waals surface area contributed by atoms with Gasteiger partial charge in [0.1, 0.15) is 0 Å². The third kappa shape index (κ3) is 5.55. The van der Waals surface area contributed by atoms with E-state index in [1.807, 2.05) is 12.1 Å². The van der Waals surface area contributed by atoms with Crippen molar-refractivity contribution < 1.29 is 19.7 Å². The zero-order valence-corrected chi connectivity index (χ0v) is 20.2. The van der Waals surface area contributed by atoms with Gasteiger partial charge in [-0.3, -0.25) is 9.69 Å². The number of carbonyl (C=O) groups is 1.